The first-order chi connectivity index (χ1) is 5.74. The predicted octanol–water partition coefficient (Wildman–Crippen LogP) is -0.0521. The van der Waals surface area contributed by atoms with Gasteiger partial charge in [-0.3, -0.25) is 9.59 Å². The third-order valence-corrected chi connectivity index (χ3v) is 1.70. The van der Waals surface area contributed by atoms with Crippen molar-refractivity contribution in [1.29, 1.82) is 0 Å². The fourth-order valence-electron chi connectivity index (χ4n) is 1.03. The van der Waals surface area contributed by atoms with E-state index in [1.807, 2.05) is 0 Å². The van der Waals surface area contributed by atoms with E-state index in [0.717, 1.165) is 0 Å². The first kappa shape index (κ1) is 8.77. The van der Waals surface area contributed by atoms with Crippen molar-refractivity contribution in [3.63, 3.8) is 0 Å². The first-order valence-electron chi connectivity index (χ1n) is 3.81. The van der Waals surface area contributed by atoms with E-state index in [4.69, 9.17) is 4.74 Å². The highest BCUT2D eigenvalue weighted by Crippen LogP contribution is 2.00. The maximum Gasteiger partial charge on any atom is 0.307 e. The van der Waals surface area contributed by atoms with E-state index in [0.29, 0.717) is 19.7 Å². The Bertz CT molecular complexity index is 212. The van der Waals surface area contributed by atoms with Gasteiger partial charge in [0.15, 0.2) is 0 Å². The van der Waals surface area contributed by atoms with Crippen LogP contribution in [0.15, 0.2) is 12.7 Å². The Hall–Kier alpha value is -1.32. The summed E-state index contributed by atoms with van der Waals surface area (Å²) in [5, 5.41) is 0. The van der Waals surface area contributed by atoms with Crippen molar-refractivity contribution in [3.05, 3.63) is 12.7 Å². The number of rotatable bonds is 1. The van der Waals surface area contributed by atoms with E-state index in [-0.39, 0.29) is 18.3 Å². The second-order valence-corrected chi connectivity index (χ2v) is 2.50. The lowest BCUT2D eigenvalue weighted by Crippen LogP contribution is -2.31. The van der Waals surface area contributed by atoms with Crippen LogP contribution in [-0.2, 0) is 14.3 Å². The molecule has 0 radical (unpaired) electrons. The lowest BCUT2D eigenvalue weighted by Gasteiger charge is -2.15. The van der Waals surface area contributed by atoms with Crippen molar-refractivity contribution in [1.82, 2.24) is 4.90 Å². The molecule has 1 saturated heterocycles. The minimum absolute atomic E-state index is 0.145. The van der Waals surface area contributed by atoms with Gasteiger partial charge < -0.3 is 9.64 Å². The van der Waals surface area contributed by atoms with Gasteiger partial charge in [0, 0.05) is 6.54 Å². The summed E-state index contributed by atoms with van der Waals surface area (Å²) in [6.07, 6.45) is 1.52. The molecule has 1 aliphatic heterocycles. The highest BCUT2D eigenvalue weighted by atomic mass is 16.5. The van der Waals surface area contributed by atoms with Gasteiger partial charge in [-0.15, -0.1) is 0 Å². The molecule has 0 saturated carbocycles. The summed E-state index contributed by atoms with van der Waals surface area (Å²) in [6, 6.07) is 0. The molecule has 1 aliphatic rings. The van der Waals surface area contributed by atoms with Gasteiger partial charge in [0.1, 0.15) is 6.61 Å². The van der Waals surface area contributed by atoms with Gasteiger partial charge in [0.25, 0.3) is 0 Å². The van der Waals surface area contributed by atoms with Crippen molar-refractivity contribution in [3.8, 4) is 0 Å². The molecule has 0 aromatic rings. The molecule has 0 aromatic carbocycles. The third-order valence-electron chi connectivity index (χ3n) is 1.70. The molecule has 4 heteroatoms. The number of hydrogen-bond acceptors (Lipinski definition) is 3. The zero-order valence-electron chi connectivity index (χ0n) is 6.78. The highest BCUT2D eigenvalue weighted by Gasteiger charge is 2.16. The topological polar surface area (TPSA) is 46.6 Å². The Kier molecular flexibility index (Phi) is 2.85. The normalized spacial score (nSPS) is 18.0. The number of carbonyl (C=O) groups is 2. The van der Waals surface area contributed by atoms with Gasteiger partial charge in [-0.25, -0.2) is 0 Å². The van der Waals surface area contributed by atoms with Crippen LogP contribution in [0.25, 0.3) is 0 Å². The van der Waals surface area contributed by atoms with Gasteiger partial charge in [-0.1, -0.05) is 6.58 Å². The van der Waals surface area contributed by atoms with Crippen molar-refractivity contribution in [2.24, 2.45) is 0 Å². The molecule has 0 unspecified atom stereocenters. The second-order valence-electron chi connectivity index (χ2n) is 2.50. The van der Waals surface area contributed by atoms with Gasteiger partial charge in [-0.05, 0) is 6.08 Å². The Balaban J connectivity index is 2.51. The largest absolute Gasteiger partial charge is 0.464 e. The monoisotopic (exact) mass is 169 g/mol. The minimum Gasteiger partial charge on any atom is -0.464 e. The molecule has 0 bridgehead atoms. The maximum atomic E-state index is 11.1. The summed E-state index contributed by atoms with van der Waals surface area (Å²) in [5.41, 5.74) is 0. The van der Waals surface area contributed by atoms with Gasteiger partial charge in [-0.2, -0.15) is 0 Å². The third kappa shape index (κ3) is 2.08. The fourth-order valence-corrected chi connectivity index (χ4v) is 1.03. The lowest BCUT2D eigenvalue weighted by atomic mass is 10.4. The number of carbonyl (C=O) groups excluding carboxylic acids is 2. The van der Waals surface area contributed by atoms with Crippen LogP contribution in [0.5, 0.6) is 0 Å². The van der Waals surface area contributed by atoms with Crippen LogP contribution in [0, 0.1) is 0 Å². The van der Waals surface area contributed by atoms with Crippen molar-refractivity contribution < 1.29 is 14.3 Å². The summed E-state index contributed by atoms with van der Waals surface area (Å²) >= 11 is 0. The molecule has 0 spiro atoms. The molecule has 1 heterocycles. The smallest absolute Gasteiger partial charge is 0.307 e. The quantitative estimate of drug-likeness (QED) is 0.408. The summed E-state index contributed by atoms with van der Waals surface area (Å²) in [7, 11) is 0. The van der Waals surface area contributed by atoms with Gasteiger partial charge >= 0.3 is 5.97 Å². The second kappa shape index (κ2) is 3.90. The molecule has 0 aromatic heterocycles. The average molecular weight is 169 g/mol. The van der Waals surface area contributed by atoms with Crippen molar-refractivity contribution >= 4 is 11.9 Å². The summed E-state index contributed by atoms with van der Waals surface area (Å²) in [4.78, 5) is 23.4. The number of esters is 1. The number of hydrogen-bond donors (Lipinski definition) is 0. The van der Waals surface area contributed by atoms with Crippen LogP contribution in [0.3, 0.4) is 0 Å². The molecule has 0 atom stereocenters. The van der Waals surface area contributed by atoms with Crippen LogP contribution in [0.1, 0.15) is 6.42 Å². The molecule has 1 fully saturated rings. The number of nitrogens with zero attached hydrogens (tertiary/aromatic N) is 1. The Morgan fingerprint density at radius 1 is 1.58 bits per heavy atom. The summed E-state index contributed by atoms with van der Waals surface area (Å²) in [6.45, 7) is 4.56. The zero-order valence-corrected chi connectivity index (χ0v) is 6.78. The SMILES string of the molecule is C=CC(=O)N1CCOC(=O)CC1. The summed E-state index contributed by atoms with van der Waals surface area (Å²) in [5.74, 6) is -0.386. The molecule has 0 N–H and O–H groups in total. The van der Waals surface area contributed by atoms with Crippen molar-refractivity contribution in [2.45, 2.75) is 6.42 Å². The number of amides is 1. The van der Waals surface area contributed by atoms with E-state index in [9.17, 15) is 9.59 Å². The molecule has 12 heavy (non-hydrogen) atoms. The minimum atomic E-state index is -0.241. The number of ether oxygens (including phenoxy) is 1. The van der Waals surface area contributed by atoms with E-state index >= 15 is 0 Å². The van der Waals surface area contributed by atoms with Crippen LogP contribution in [0.4, 0.5) is 0 Å². The lowest BCUT2D eigenvalue weighted by molar-refractivity contribution is -0.142. The first-order valence-corrected chi connectivity index (χ1v) is 3.81. The van der Waals surface area contributed by atoms with E-state index < -0.39 is 0 Å². The van der Waals surface area contributed by atoms with Crippen LogP contribution >= 0.6 is 0 Å². The van der Waals surface area contributed by atoms with Gasteiger partial charge in [0.05, 0.1) is 13.0 Å². The van der Waals surface area contributed by atoms with Gasteiger partial charge in [0.2, 0.25) is 5.91 Å². The van der Waals surface area contributed by atoms with Crippen LogP contribution in [-0.4, -0.2) is 36.5 Å². The van der Waals surface area contributed by atoms with Crippen molar-refractivity contribution in [2.75, 3.05) is 19.7 Å². The Morgan fingerprint density at radius 3 is 3.00 bits per heavy atom. The van der Waals surface area contributed by atoms with E-state index in [1.54, 1.807) is 4.90 Å². The Morgan fingerprint density at radius 2 is 2.33 bits per heavy atom. The summed E-state index contributed by atoms with van der Waals surface area (Å²) < 4.78 is 4.76. The van der Waals surface area contributed by atoms with Crippen LogP contribution < -0.4 is 0 Å². The molecule has 4 nitrogen and oxygen atoms in total. The molecule has 66 valence electrons. The molecule has 1 rings (SSSR count). The molecule has 0 aliphatic carbocycles. The maximum absolute atomic E-state index is 11.1. The van der Waals surface area contributed by atoms with E-state index in [1.165, 1.54) is 6.08 Å². The number of cyclic esters (lactones) is 1. The molecular weight excluding hydrogens is 158 g/mol. The molecular formula is C8H11NO3. The highest BCUT2D eigenvalue weighted by molar-refractivity contribution is 5.87. The van der Waals surface area contributed by atoms with E-state index in [2.05, 4.69) is 6.58 Å². The standard InChI is InChI=1S/C8H11NO3/c1-2-7(10)9-4-3-8(11)12-6-5-9/h2H,1,3-6H2. The predicted molar refractivity (Wildman–Crippen MR) is 42.4 cm³/mol. The Labute approximate surface area is 70.8 Å². The fraction of sp³-hybridized carbons (Fsp3) is 0.500. The van der Waals surface area contributed by atoms with Crippen LogP contribution in [0.2, 0.25) is 0 Å². The zero-order chi connectivity index (χ0) is 8.97. The average Bonchev–Trinajstić information content (AvgIpc) is 2.29. The molecule has 1 amide bonds.